The SMILES string of the molecule is O=C(O)C1CN(S(=O)(=O)c2ccccc2[N+](=O)[O-])c2ccccc2O1. The summed E-state index contributed by atoms with van der Waals surface area (Å²) in [5.41, 5.74) is -0.462. The number of fused-ring (bicyclic) bond motifs is 1. The van der Waals surface area contributed by atoms with Crippen LogP contribution in [0, 0.1) is 10.1 Å². The van der Waals surface area contributed by atoms with E-state index in [2.05, 4.69) is 0 Å². The Morgan fingerprint density at radius 1 is 1.20 bits per heavy atom. The van der Waals surface area contributed by atoms with E-state index in [-0.39, 0.29) is 11.4 Å². The highest BCUT2D eigenvalue weighted by Gasteiger charge is 2.39. The first kappa shape index (κ1) is 16.7. The zero-order valence-corrected chi connectivity index (χ0v) is 13.4. The second-order valence-corrected chi connectivity index (χ2v) is 7.00. The van der Waals surface area contributed by atoms with Crippen molar-refractivity contribution in [1.82, 2.24) is 0 Å². The van der Waals surface area contributed by atoms with Crippen molar-refractivity contribution in [1.29, 1.82) is 0 Å². The average Bonchev–Trinajstić information content (AvgIpc) is 2.60. The van der Waals surface area contributed by atoms with E-state index in [9.17, 15) is 28.4 Å². The van der Waals surface area contributed by atoms with Gasteiger partial charge in [-0.3, -0.25) is 14.4 Å². The van der Waals surface area contributed by atoms with Gasteiger partial charge in [-0.25, -0.2) is 13.2 Å². The maximum absolute atomic E-state index is 13.0. The fraction of sp³-hybridized carbons (Fsp3) is 0.133. The first-order valence-electron chi connectivity index (χ1n) is 7.07. The lowest BCUT2D eigenvalue weighted by Gasteiger charge is -2.33. The number of sulfonamides is 1. The van der Waals surface area contributed by atoms with Crippen LogP contribution in [-0.2, 0) is 14.8 Å². The van der Waals surface area contributed by atoms with Crippen LogP contribution in [0.5, 0.6) is 5.75 Å². The van der Waals surface area contributed by atoms with Crippen LogP contribution in [0.25, 0.3) is 0 Å². The lowest BCUT2D eigenvalue weighted by atomic mass is 10.2. The maximum Gasteiger partial charge on any atom is 0.346 e. The predicted octanol–water partition coefficient (Wildman–Crippen LogP) is 1.64. The van der Waals surface area contributed by atoms with Crippen molar-refractivity contribution in [2.45, 2.75) is 11.0 Å². The smallest absolute Gasteiger partial charge is 0.346 e. The van der Waals surface area contributed by atoms with E-state index in [1.54, 1.807) is 12.1 Å². The number of ether oxygens (including phenoxy) is 1. The maximum atomic E-state index is 13.0. The molecule has 130 valence electrons. The fourth-order valence-corrected chi connectivity index (χ4v) is 4.14. The molecule has 0 radical (unpaired) electrons. The molecule has 25 heavy (non-hydrogen) atoms. The Kier molecular flexibility index (Phi) is 4.05. The monoisotopic (exact) mass is 364 g/mol. The summed E-state index contributed by atoms with van der Waals surface area (Å²) in [6, 6.07) is 10.9. The van der Waals surface area contributed by atoms with Crippen LogP contribution < -0.4 is 9.04 Å². The second-order valence-electron chi connectivity index (χ2n) is 5.17. The molecule has 1 aliphatic rings. The van der Waals surface area contributed by atoms with Crippen molar-refractivity contribution in [3.8, 4) is 5.75 Å². The van der Waals surface area contributed by atoms with Gasteiger partial charge in [-0.15, -0.1) is 0 Å². The number of anilines is 1. The standard InChI is InChI=1S/C15H12N2O7S/c18-15(19)13-9-16(10-5-1-3-7-12(10)24-13)25(22,23)14-8-4-2-6-11(14)17(20)21/h1-8,13H,9H2,(H,18,19). The van der Waals surface area contributed by atoms with Crippen LogP contribution in [-0.4, -0.2) is 37.1 Å². The van der Waals surface area contributed by atoms with Crippen LogP contribution in [0.3, 0.4) is 0 Å². The second kappa shape index (κ2) is 6.06. The highest BCUT2D eigenvalue weighted by Crippen LogP contribution is 2.38. The van der Waals surface area contributed by atoms with E-state index < -0.39 is 44.1 Å². The Morgan fingerprint density at radius 3 is 2.52 bits per heavy atom. The molecule has 9 nitrogen and oxygen atoms in total. The lowest BCUT2D eigenvalue weighted by molar-refractivity contribution is -0.387. The molecule has 10 heteroatoms. The molecule has 1 aliphatic heterocycles. The third kappa shape index (κ3) is 2.87. The summed E-state index contributed by atoms with van der Waals surface area (Å²) in [6.45, 7) is -0.499. The molecule has 0 bridgehead atoms. The minimum absolute atomic E-state index is 0.0725. The number of carboxylic acids is 1. The number of nitrogens with zero attached hydrogens (tertiary/aromatic N) is 2. The number of hydrogen-bond donors (Lipinski definition) is 1. The normalized spacial score (nSPS) is 16.6. The van der Waals surface area contributed by atoms with Gasteiger partial charge in [0.15, 0.2) is 4.90 Å². The number of aliphatic carboxylic acids is 1. The molecule has 1 unspecified atom stereocenters. The zero-order valence-electron chi connectivity index (χ0n) is 12.6. The van der Waals surface area contributed by atoms with Gasteiger partial charge < -0.3 is 9.84 Å². The third-order valence-electron chi connectivity index (χ3n) is 3.64. The minimum Gasteiger partial charge on any atom is -0.478 e. The molecule has 0 fully saturated rings. The van der Waals surface area contributed by atoms with E-state index in [0.717, 1.165) is 16.4 Å². The van der Waals surface area contributed by atoms with Crippen LogP contribution >= 0.6 is 0 Å². The Labute approximate surface area is 142 Å². The Hall–Kier alpha value is -3.14. The Morgan fingerprint density at radius 2 is 1.84 bits per heavy atom. The number of hydrogen-bond acceptors (Lipinski definition) is 6. The molecule has 1 N–H and O–H groups in total. The summed E-state index contributed by atoms with van der Waals surface area (Å²) in [5.74, 6) is -1.26. The molecule has 0 aromatic heterocycles. The average molecular weight is 364 g/mol. The number of nitro groups is 1. The number of nitro benzene ring substituents is 1. The molecule has 0 saturated carbocycles. The van der Waals surface area contributed by atoms with E-state index in [4.69, 9.17) is 4.74 Å². The number of rotatable bonds is 4. The van der Waals surface area contributed by atoms with Gasteiger partial charge in [0.25, 0.3) is 15.7 Å². The topological polar surface area (TPSA) is 127 Å². The van der Waals surface area contributed by atoms with Crippen LogP contribution in [0.2, 0.25) is 0 Å². The van der Waals surface area contributed by atoms with E-state index in [1.807, 2.05) is 0 Å². The Balaban J connectivity index is 2.17. The van der Waals surface area contributed by atoms with Gasteiger partial charge >= 0.3 is 5.97 Å². The van der Waals surface area contributed by atoms with Gasteiger partial charge in [-0.2, -0.15) is 0 Å². The number of benzene rings is 2. The number of carbonyl (C=O) groups is 1. The van der Waals surface area contributed by atoms with Crippen molar-refractivity contribution in [3.05, 3.63) is 58.6 Å². The van der Waals surface area contributed by atoms with Crippen molar-refractivity contribution in [3.63, 3.8) is 0 Å². The van der Waals surface area contributed by atoms with Gasteiger partial charge in [0.1, 0.15) is 5.75 Å². The first-order chi connectivity index (χ1) is 11.8. The molecule has 0 aliphatic carbocycles. The van der Waals surface area contributed by atoms with Crippen LogP contribution in [0.15, 0.2) is 53.4 Å². The molecule has 1 heterocycles. The van der Waals surface area contributed by atoms with Gasteiger partial charge in [-0.05, 0) is 18.2 Å². The van der Waals surface area contributed by atoms with Crippen molar-refractivity contribution in [2.24, 2.45) is 0 Å². The molecule has 0 amide bonds. The van der Waals surface area contributed by atoms with Crippen molar-refractivity contribution < 1.29 is 28.0 Å². The molecule has 0 spiro atoms. The number of para-hydroxylation sites is 3. The third-order valence-corrected chi connectivity index (χ3v) is 5.47. The van der Waals surface area contributed by atoms with Gasteiger partial charge in [-0.1, -0.05) is 24.3 Å². The molecular formula is C15H12N2O7S. The molecule has 3 rings (SSSR count). The van der Waals surface area contributed by atoms with E-state index in [1.165, 1.54) is 24.3 Å². The number of carboxylic acid groups (broad SMARTS) is 1. The minimum atomic E-state index is -4.37. The molecule has 0 saturated heterocycles. The fourth-order valence-electron chi connectivity index (χ4n) is 2.50. The van der Waals surface area contributed by atoms with Crippen LogP contribution in [0.4, 0.5) is 11.4 Å². The summed E-state index contributed by atoms with van der Waals surface area (Å²) < 4.78 is 32.2. The highest BCUT2D eigenvalue weighted by atomic mass is 32.2. The highest BCUT2D eigenvalue weighted by molar-refractivity contribution is 7.93. The molecule has 2 aromatic carbocycles. The quantitative estimate of drug-likeness (QED) is 0.645. The summed E-state index contributed by atoms with van der Waals surface area (Å²) in [6.07, 6.45) is -1.42. The summed E-state index contributed by atoms with van der Waals surface area (Å²) in [5, 5.41) is 20.4. The molecule has 2 aromatic rings. The molecular weight excluding hydrogens is 352 g/mol. The van der Waals surface area contributed by atoms with Crippen LogP contribution in [0.1, 0.15) is 0 Å². The van der Waals surface area contributed by atoms with Gasteiger partial charge in [0, 0.05) is 6.07 Å². The van der Waals surface area contributed by atoms with E-state index in [0.29, 0.717) is 0 Å². The predicted molar refractivity (Wildman–Crippen MR) is 86.1 cm³/mol. The lowest BCUT2D eigenvalue weighted by Crippen LogP contribution is -2.47. The summed E-state index contributed by atoms with van der Waals surface area (Å²) >= 11 is 0. The Bertz CT molecular complexity index is 958. The summed E-state index contributed by atoms with van der Waals surface area (Å²) in [4.78, 5) is 21.2. The van der Waals surface area contributed by atoms with Crippen molar-refractivity contribution >= 4 is 27.4 Å². The molecule has 1 atom stereocenters. The summed E-state index contributed by atoms with van der Waals surface area (Å²) in [7, 11) is -4.37. The van der Waals surface area contributed by atoms with Crippen molar-refractivity contribution in [2.75, 3.05) is 10.8 Å². The van der Waals surface area contributed by atoms with Gasteiger partial charge in [0.05, 0.1) is 17.2 Å². The first-order valence-corrected chi connectivity index (χ1v) is 8.51. The van der Waals surface area contributed by atoms with Gasteiger partial charge in [0.2, 0.25) is 6.10 Å². The zero-order chi connectivity index (χ0) is 18.2. The largest absolute Gasteiger partial charge is 0.478 e. The van der Waals surface area contributed by atoms with E-state index >= 15 is 0 Å².